The first-order valence-electron chi connectivity index (χ1n) is 7.38. The van der Waals surface area contributed by atoms with Crippen LogP contribution in [-0.2, 0) is 4.74 Å². The molecule has 0 aliphatic carbocycles. The number of phenols is 2. The molecule has 0 radical (unpaired) electrons. The van der Waals surface area contributed by atoms with E-state index in [2.05, 4.69) is 0 Å². The van der Waals surface area contributed by atoms with E-state index in [1.807, 2.05) is 0 Å². The molecule has 0 atom stereocenters. The molecular formula is C18H13ClO6. The van der Waals surface area contributed by atoms with Gasteiger partial charge < -0.3 is 19.4 Å². The van der Waals surface area contributed by atoms with Crippen molar-refractivity contribution in [2.24, 2.45) is 0 Å². The number of carbonyl (C=O) groups excluding carboxylic acids is 1. The van der Waals surface area contributed by atoms with Crippen LogP contribution in [0.3, 0.4) is 0 Å². The third kappa shape index (κ3) is 3.04. The summed E-state index contributed by atoms with van der Waals surface area (Å²) in [5.74, 6) is -1.89. The van der Waals surface area contributed by atoms with E-state index in [0.717, 1.165) is 12.1 Å². The Bertz CT molecular complexity index is 1020. The van der Waals surface area contributed by atoms with Gasteiger partial charge in [-0.25, -0.2) is 4.79 Å². The summed E-state index contributed by atoms with van der Waals surface area (Å²) in [4.78, 5) is 25.2. The molecule has 0 saturated heterocycles. The Morgan fingerprint density at radius 3 is 2.52 bits per heavy atom. The normalized spacial score (nSPS) is 10.8. The Morgan fingerprint density at radius 1 is 1.20 bits per heavy atom. The minimum absolute atomic E-state index is 0.0522. The van der Waals surface area contributed by atoms with Crippen molar-refractivity contribution in [3.8, 4) is 22.6 Å². The van der Waals surface area contributed by atoms with E-state index in [4.69, 9.17) is 20.8 Å². The van der Waals surface area contributed by atoms with E-state index < -0.39 is 17.1 Å². The number of rotatable bonds is 3. The van der Waals surface area contributed by atoms with Crippen molar-refractivity contribution in [2.75, 3.05) is 6.61 Å². The van der Waals surface area contributed by atoms with E-state index in [9.17, 15) is 19.8 Å². The van der Waals surface area contributed by atoms with Crippen LogP contribution in [0.5, 0.6) is 11.5 Å². The Morgan fingerprint density at radius 2 is 1.88 bits per heavy atom. The van der Waals surface area contributed by atoms with Crippen molar-refractivity contribution in [3.05, 3.63) is 57.4 Å². The molecule has 25 heavy (non-hydrogen) atoms. The smallest absolute Gasteiger partial charge is 0.375 e. The van der Waals surface area contributed by atoms with Crippen LogP contribution in [0, 0.1) is 0 Å². The highest BCUT2D eigenvalue weighted by Crippen LogP contribution is 2.32. The number of hydrogen-bond acceptors (Lipinski definition) is 6. The van der Waals surface area contributed by atoms with Crippen molar-refractivity contribution >= 4 is 28.5 Å². The molecule has 0 aliphatic heterocycles. The molecule has 3 rings (SSSR count). The number of phenolic OH excluding ortho intramolecular Hbond substituents is 2. The summed E-state index contributed by atoms with van der Waals surface area (Å²) in [6.45, 7) is 1.71. The first-order valence-corrected chi connectivity index (χ1v) is 7.76. The molecule has 0 unspecified atom stereocenters. The van der Waals surface area contributed by atoms with Crippen molar-refractivity contribution < 1.29 is 24.2 Å². The average Bonchev–Trinajstić information content (AvgIpc) is 2.55. The standard InChI is InChI=1S/C18H13ClO6/c1-2-24-18(23)17-14(9-3-5-10(19)6-4-9)16(22)15-12(21)7-11(20)8-13(15)25-17/h3-8,20-21H,2H2,1H3. The molecule has 0 aliphatic rings. The summed E-state index contributed by atoms with van der Waals surface area (Å²) in [5, 5.41) is 19.9. The second-order valence-electron chi connectivity index (χ2n) is 5.20. The Labute approximate surface area is 146 Å². The van der Waals surface area contributed by atoms with Crippen molar-refractivity contribution in [1.29, 1.82) is 0 Å². The third-order valence-electron chi connectivity index (χ3n) is 3.55. The van der Waals surface area contributed by atoms with Gasteiger partial charge in [-0.3, -0.25) is 4.79 Å². The van der Waals surface area contributed by atoms with Crippen LogP contribution >= 0.6 is 11.6 Å². The molecule has 2 aromatic carbocycles. The van der Waals surface area contributed by atoms with Crippen LogP contribution in [0.2, 0.25) is 5.02 Å². The maximum Gasteiger partial charge on any atom is 0.375 e. The molecule has 6 nitrogen and oxygen atoms in total. The lowest BCUT2D eigenvalue weighted by Gasteiger charge is -2.10. The van der Waals surface area contributed by atoms with Crippen LogP contribution in [0.25, 0.3) is 22.1 Å². The number of aromatic hydroxyl groups is 2. The summed E-state index contributed by atoms with van der Waals surface area (Å²) in [7, 11) is 0. The van der Waals surface area contributed by atoms with Gasteiger partial charge in [0.15, 0.2) is 0 Å². The molecule has 0 saturated carbocycles. The summed E-state index contributed by atoms with van der Waals surface area (Å²) in [6.07, 6.45) is 0. The molecule has 0 amide bonds. The third-order valence-corrected chi connectivity index (χ3v) is 3.81. The van der Waals surface area contributed by atoms with Gasteiger partial charge >= 0.3 is 5.97 Å². The number of benzene rings is 2. The van der Waals surface area contributed by atoms with E-state index in [-0.39, 0.29) is 34.6 Å². The lowest BCUT2D eigenvalue weighted by molar-refractivity contribution is 0.0492. The predicted octanol–water partition coefficient (Wildman–Crippen LogP) is 3.70. The monoisotopic (exact) mass is 360 g/mol. The predicted molar refractivity (Wildman–Crippen MR) is 92.2 cm³/mol. The van der Waals surface area contributed by atoms with E-state index in [1.54, 1.807) is 31.2 Å². The summed E-state index contributed by atoms with van der Waals surface area (Å²) in [6, 6.07) is 8.40. The van der Waals surface area contributed by atoms with Crippen LogP contribution in [-0.4, -0.2) is 22.8 Å². The van der Waals surface area contributed by atoms with Crippen LogP contribution in [0.15, 0.2) is 45.6 Å². The number of halogens is 1. The maximum absolute atomic E-state index is 12.9. The molecular weight excluding hydrogens is 348 g/mol. The number of fused-ring (bicyclic) bond motifs is 1. The molecule has 7 heteroatoms. The van der Waals surface area contributed by atoms with Crippen LogP contribution in [0.1, 0.15) is 17.5 Å². The van der Waals surface area contributed by atoms with Gasteiger partial charge in [0.05, 0.1) is 12.2 Å². The maximum atomic E-state index is 12.9. The second-order valence-corrected chi connectivity index (χ2v) is 5.64. The molecule has 0 bridgehead atoms. The topological polar surface area (TPSA) is 97.0 Å². The lowest BCUT2D eigenvalue weighted by atomic mass is 10.0. The SMILES string of the molecule is CCOC(=O)c1oc2cc(O)cc(O)c2c(=O)c1-c1ccc(Cl)cc1. The highest BCUT2D eigenvalue weighted by Gasteiger charge is 2.24. The first kappa shape index (κ1) is 16.9. The average molecular weight is 361 g/mol. The van der Waals surface area contributed by atoms with Crippen LogP contribution < -0.4 is 5.43 Å². The fourth-order valence-corrected chi connectivity index (χ4v) is 2.63. The first-order chi connectivity index (χ1) is 11.9. The largest absolute Gasteiger partial charge is 0.508 e. The van der Waals surface area contributed by atoms with Gasteiger partial charge in [-0.05, 0) is 24.6 Å². The lowest BCUT2D eigenvalue weighted by Crippen LogP contribution is -2.15. The molecule has 1 aromatic heterocycles. The van der Waals surface area contributed by atoms with Crippen LogP contribution in [0.4, 0.5) is 0 Å². The zero-order valence-corrected chi connectivity index (χ0v) is 13.8. The van der Waals surface area contributed by atoms with Crippen molar-refractivity contribution in [1.82, 2.24) is 0 Å². The van der Waals surface area contributed by atoms with Crippen molar-refractivity contribution in [3.63, 3.8) is 0 Å². The Balaban J connectivity index is 2.41. The number of carbonyl (C=O) groups is 1. The van der Waals surface area contributed by atoms with E-state index in [1.165, 1.54) is 0 Å². The number of ether oxygens (including phenoxy) is 1. The highest BCUT2D eigenvalue weighted by atomic mass is 35.5. The fraction of sp³-hybridized carbons (Fsp3) is 0.111. The van der Waals surface area contributed by atoms with Gasteiger partial charge in [0.2, 0.25) is 11.2 Å². The quantitative estimate of drug-likeness (QED) is 0.691. The summed E-state index contributed by atoms with van der Waals surface area (Å²) >= 11 is 5.87. The minimum atomic E-state index is -0.825. The molecule has 2 N–H and O–H groups in total. The van der Waals surface area contributed by atoms with E-state index >= 15 is 0 Å². The summed E-state index contributed by atoms with van der Waals surface area (Å²) < 4.78 is 10.5. The molecule has 3 aromatic rings. The Hall–Kier alpha value is -2.99. The highest BCUT2D eigenvalue weighted by molar-refractivity contribution is 6.30. The van der Waals surface area contributed by atoms with Crippen molar-refractivity contribution in [2.45, 2.75) is 6.92 Å². The van der Waals surface area contributed by atoms with Gasteiger partial charge in [-0.15, -0.1) is 0 Å². The Kier molecular flexibility index (Phi) is 4.37. The molecule has 0 spiro atoms. The number of esters is 1. The molecule has 128 valence electrons. The van der Waals surface area contributed by atoms with E-state index in [0.29, 0.717) is 10.6 Å². The van der Waals surface area contributed by atoms with Gasteiger partial charge in [-0.2, -0.15) is 0 Å². The number of hydrogen-bond donors (Lipinski definition) is 2. The second kappa shape index (κ2) is 6.49. The van der Waals surface area contributed by atoms with Gasteiger partial charge in [0.25, 0.3) is 0 Å². The van der Waals surface area contributed by atoms with Gasteiger partial charge in [-0.1, -0.05) is 23.7 Å². The van der Waals surface area contributed by atoms with Gasteiger partial charge in [0.1, 0.15) is 22.5 Å². The van der Waals surface area contributed by atoms with Gasteiger partial charge in [0, 0.05) is 17.2 Å². The fourth-order valence-electron chi connectivity index (χ4n) is 2.50. The molecule has 1 heterocycles. The minimum Gasteiger partial charge on any atom is -0.508 e. The summed E-state index contributed by atoms with van der Waals surface area (Å²) in [5.41, 5.74) is -0.411. The zero-order valence-electron chi connectivity index (χ0n) is 13.1. The zero-order chi connectivity index (χ0) is 18.1. The molecule has 0 fully saturated rings.